The Balaban J connectivity index is 1.96. The molecule has 0 bridgehead atoms. The molecule has 15 heavy (non-hydrogen) atoms. The Hall–Kier alpha value is -0.520. The van der Waals surface area contributed by atoms with Gasteiger partial charge in [0, 0.05) is 10.8 Å². The van der Waals surface area contributed by atoms with Gasteiger partial charge in [-0.3, -0.25) is 0 Å². The van der Waals surface area contributed by atoms with Crippen molar-refractivity contribution in [3.05, 3.63) is 23.3 Å². The fourth-order valence-corrected chi connectivity index (χ4v) is 4.79. The molecule has 0 N–H and O–H groups in total. The molecule has 0 radical (unpaired) electrons. The molecule has 3 saturated carbocycles. The van der Waals surface area contributed by atoms with Gasteiger partial charge in [-0.25, -0.2) is 0 Å². The predicted molar refractivity (Wildman–Crippen MR) is 64.6 cm³/mol. The van der Waals surface area contributed by atoms with Crippen LogP contribution in [0.1, 0.15) is 47.0 Å². The van der Waals surface area contributed by atoms with Crippen molar-refractivity contribution in [2.75, 3.05) is 0 Å². The van der Waals surface area contributed by atoms with Crippen molar-refractivity contribution in [2.45, 2.75) is 47.0 Å². The molecule has 0 aromatic carbocycles. The van der Waals surface area contributed by atoms with Crippen LogP contribution in [-0.4, -0.2) is 0 Å². The van der Waals surface area contributed by atoms with E-state index >= 15 is 0 Å². The first kappa shape index (κ1) is 9.69. The standard InChI is InChI=1S/C15H22/c1-10(2)8-14-12-6-5-7-13(14)15(12,14)9-11(3)4/h8-9,12-13H,5-7H2,1-4H3. The van der Waals surface area contributed by atoms with Crippen molar-refractivity contribution in [3.63, 3.8) is 0 Å². The number of allylic oxidation sites excluding steroid dienone is 4. The average Bonchev–Trinajstić information content (AvgIpc) is 2.88. The van der Waals surface area contributed by atoms with Crippen molar-refractivity contribution in [3.8, 4) is 0 Å². The Labute approximate surface area is 93.5 Å². The minimum absolute atomic E-state index is 0.640. The molecule has 3 aliphatic carbocycles. The third kappa shape index (κ3) is 0.898. The van der Waals surface area contributed by atoms with Gasteiger partial charge in [0.1, 0.15) is 0 Å². The highest BCUT2D eigenvalue weighted by Crippen LogP contribution is 2.98. The normalized spacial score (nSPS) is 49.1. The molecule has 0 amide bonds. The fraction of sp³-hybridized carbons (Fsp3) is 0.733. The number of hydrogen-bond acceptors (Lipinski definition) is 0. The van der Waals surface area contributed by atoms with Gasteiger partial charge in [-0.2, -0.15) is 0 Å². The van der Waals surface area contributed by atoms with E-state index < -0.39 is 0 Å². The van der Waals surface area contributed by atoms with E-state index in [1.165, 1.54) is 30.4 Å². The van der Waals surface area contributed by atoms with E-state index in [4.69, 9.17) is 0 Å². The van der Waals surface area contributed by atoms with Crippen molar-refractivity contribution in [1.82, 2.24) is 0 Å². The van der Waals surface area contributed by atoms with E-state index in [0.29, 0.717) is 10.8 Å². The number of rotatable bonds is 2. The lowest BCUT2D eigenvalue weighted by atomic mass is 9.78. The van der Waals surface area contributed by atoms with E-state index in [1.807, 2.05) is 0 Å². The van der Waals surface area contributed by atoms with E-state index in [1.54, 1.807) is 0 Å². The molecule has 82 valence electrons. The SMILES string of the molecule is CC(C)=CC12C3CCCC1C32C=C(C)C. The molecule has 3 fully saturated rings. The summed E-state index contributed by atoms with van der Waals surface area (Å²) in [6, 6.07) is 0. The van der Waals surface area contributed by atoms with Crippen molar-refractivity contribution in [1.29, 1.82) is 0 Å². The second kappa shape index (κ2) is 2.59. The van der Waals surface area contributed by atoms with Gasteiger partial charge in [0.15, 0.2) is 0 Å². The molecule has 0 spiro atoms. The molecule has 0 nitrogen and oxygen atoms in total. The van der Waals surface area contributed by atoms with E-state index in [2.05, 4.69) is 39.8 Å². The molecule has 0 aromatic heterocycles. The maximum atomic E-state index is 2.60. The Morgan fingerprint density at radius 3 is 1.60 bits per heavy atom. The van der Waals surface area contributed by atoms with Crippen molar-refractivity contribution >= 4 is 0 Å². The zero-order valence-corrected chi connectivity index (χ0v) is 10.4. The van der Waals surface area contributed by atoms with E-state index in [9.17, 15) is 0 Å². The van der Waals surface area contributed by atoms with Crippen LogP contribution in [0.15, 0.2) is 23.3 Å². The van der Waals surface area contributed by atoms with E-state index in [0.717, 1.165) is 11.8 Å². The predicted octanol–water partition coefficient (Wildman–Crippen LogP) is 4.34. The minimum atomic E-state index is 0.640. The molecule has 0 heterocycles. The minimum Gasteiger partial charge on any atom is -0.0798 e. The van der Waals surface area contributed by atoms with Crippen LogP contribution in [0.4, 0.5) is 0 Å². The molecule has 3 aliphatic rings. The van der Waals surface area contributed by atoms with Crippen LogP contribution in [0.25, 0.3) is 0 Å². The first-order chi connectivity index (χ1) is 7.05. The smallest absolute Gasteiger partial charge is 0.00550 e. The quantitative estimate of drug-likeness (QED) is 0.584. The van der Waals surface area contributed by atoms with Crippen LogP contribution in [0.3, 0.4) is 0 Å². The maximum absolute atomic E-state index is 2.60. The van der Waals surface area contributed by atoms with Crippen LogP contribution in [0.2, 0.25) is 0 Å². The summed E-state index contributed by atoms with van der Waals surface area (Å²) in [5.41, 5.74) is 4.32. The van der Waals surface area contributed by atoms with Gasteiger partial charge in [0.25, 0.3) is 0 Å². The molecule has 0 saturated heterocycles. The first-order valence-electron chi connectivity index (χ1n) is 6.38. The largest absolute Gasteiger partial charge is 0.0798 e. The van der Waals surface area contributed by atoms with Gasteiger partial charge in [0.05, 0.1) is 0 Å². The number of hydrogen-bond donors (Lipinski definition) is 0. The molecular weight excluding hydrogens is 180 g/mol. The van der Waals surface area contributed by atoms with Gasteiger partial charge in [-0.05, 0) is 52.4 Å². The van der Waals surface area contributed by atoms with Gasteiger partial charge < -0.3 is 0 Å². The summed E-state index contributed by atoms with van der Waals surface area (Å²) in [6.07, 6.45) is 9.63. The summed E-state index contributed by atoms with van der Waals surface area (Å²) in [5.74, 6) is 2.02. The Morgan fingerprint density at radius 1 is 0.867 bits per heavy atom. The summed E-state index contributed by atoms with van der Waals surface area (Å²) >= 11 is 0. The zero-order chi connectivity index (χ0) is 10.8. The summed E-state index contributed by atoms with van der Waals surface area (Å²) in [4.78, 5) is 0. The Kier molecular flexibility index (Phi) is 1.67. The van der Waals surface area contributed by atoms with Crippen molar-refractivity contribution in [2.24, 2.45) is 22.7 Å². The number of fused-ring (bicyclic) bond motifs is 2. The lowest BCUT2D eigenvalue weighted by molar-refractivity contribution is 0.273. The molecule has 0 unspecified atom stereocenters. The monoisotopic (exact) mass is 202 g/mol. The average molecular weight is 202 g/mol. The molecule has 0 heteroatoms. The van der Waals surface area contributed by atoms with Gasteiger partial charge in [-0.15, -0.1) is 0 Å². The highest BCUT2D eigenvalue weighted by molar-refractivity contribution is 5.54. The van der Waals surface area contributed by atoms with Gasteiger partial charge in [0.2, 0.25) is 0 Å². The second-order valence-corrected chi connectivity index (χ2v) is 6.35. The van der Waals surface area contributed by atoms with Gasteiger partial charge >= 0.3 is 0 Å². The molecule has 0 aliphatic heterocycles. The van der Waals surface area contributed by atoms with Crippen LogP contribution in [0, 0.1) is 22.7 Å². The van der Waals surface area contributed by atoms with Crippen LogP contribution < -0.4 is 0 Å². The lowest BCUT2D eigenvalue weighted by Gasteiger charge is -2.26. The van der Waals surface area contributed by atoms with Crippen LogP contribution in [0.5, 0.6) is 0 Å². The molecule has 0 aromatic rings. The maximum Gasteiger partial charge on any atom is 0.00550 e. The first-order valence-corrected chi connectivity index (χ1v) is 6.38. The molecular formula is C15H22. The second-order valence-electron chi connectivity index (χ2n) is 6.35. The summed E-state index contributed by atoms with van der Waals surface area (Å²) in [5, 5.41) is 0. The van der Waals surface area contributed by atoms with Gasteiger partial charge in [-0.1, -0.05) is 29.7 Å². The summed E-state index contributed by atoms with van der Waals surface area (Å²) in [6.45, 7) is 9.03. The van der Waals surface area contributed by atoms with Crippen LogP contribution in [-0.2, 0) is 0 Å². The Morgan fingerprint density at radius 2 is 1.27 bits per heavy atom. The van der Waals surface area contributed by atoms with Crippen LogP contribution >= 0.6 is 0 Å². The van der Waals surface area contributed by atoms with E-state index in [-0.39, 0.29) is 0 Å². The highest BCUT2D eigenvalue weighted by Gasteiger charge is 2.95. The summed E-state index contributed by atoms with van der Waals surface area (Å²) in [7, 11) is 0. The van der Waals surface area contributed by atoms with Crippen molar-refractivity contribution < 1.29 is 0 Å². The third-order valence-corrected chi connectivity index (χ3v) is 4.93. The highest BCUT2D eigenvalue weighted by atomic mass is 15.0. The topological polar surface area (TPSA) is 0 Å². The zero-order valence-electron chi connectivity index (χ0n) is 10.4. The fourth-order valence-electron chi connectivity index (χ4n) is 4.79. The Bertz CT molecular complexity index is 317. The molecule has 3 rings (SSSR count). The third-order valence-electron chi connectivity index (χ3n) is 4.93. The molecule has 0 atom stereocenters. The lowest BCUT2D eigenvalue weighted by Crippen LogP contribution is -2.18. The summed E-state index contributed by atoms with van der Waals surface area (Å²) < 4.78 is 0.